The van der Waals surface area contributed by atoms with Gasteiger partial charge in [-0.3, -0.25) is 30.1 Å². The van der Waals surface area contributed by atoms with Crippen molar-refractivity contribution >= 4 is 22.8 Å². The number of aromatic nitrogens is 4. The van der Waals surface area contributed by atoms with Gasteiger partial charge in [-0.25, -0.2) is 4.98 Å². The summed E-state index contributed by atoms with van der Waals surface area (Å²) in [6.07, 6.45) is 1.37. The summed E-state index contributed by atoms with van der Waals surface area (Å²) in [7, 11) is 0. The quantitative estimate of drug-likeness (QED) is 0.697. The van der Waals surface area contributed by atoms with E-state index >= 15 is 0 Å². The second-order valence-corrected chi connectivity index (χ2v) is 5.33. The smallest absolute Gasteiger partial charge is 0.271 e. The Morgan fingerprint density at radius 2 is 1.88 bits per heavy atom. The monoisotopic (exact) mass is 324 g/mol. The number of hydrogen-bond donors (Lipinski definition) is 2. The van der Waals surface area contributed by atoms with E-state index in [9.17, 15) is 9.59 Å². The van der Waals surface area contributed by atoms with Gasteiger partial charge in [-0.15, -0.1) is 0 Å². The summed E-state index contributed by atoms with van der Waals surface area (Å²) in [5.74, 6) is -0.918. The molecule has 0 aliphatic rings. The number of carbonyl (C=O) groups is 2. The number of fused-ring (bicyclic) bond motifs is 1. The van der Waals surface area contributed by atoms with Crippen LogP contribution in [0.3, 0.4) is 0 Å². The van der Waals surface area contributed by atoms with Crippen molar-refractivity contribution in [1.29, 1.82) is 0 Å². The molecule has 3 aromatic rings. The normalized spacial score (nSPS) is 10.6. The van der Waals surface area contributed by atoms with Gasteiger partial charge in [0.1, 0.15) is 12.2 Å². The third-order valence-corrected chi connectivity index (χ3v) is 3.39. The van der Waals surface area contributed by atoms with Crippen LogP contribution in [-0.4, -0.2) is 31.6 Å². The summed E-state index contributed by atoms with van der Waals surface area (Å²) in [6.45, 7) is 3.72. The van der Waals surface area contributed by atoms with Crippen LogP contribution < -0.4 is 10.9 Å². The minimum Gasteiger partial charge on any atom is -0.271 e. The average Bonchev–Trinajstić information content (AvgIpc) is 2.89. The topological polar surface area (TPSA) is 102 Å². The zero-order valence-corrected chi connectivity index (χ0v) is 13.3. The first-order chi connectivity index (χ1) is 11.5. The summed E-state index contributed by atoms with van der Waals surface area (Å²) >= 11 is 0. The number of aryl methyl sites for hydroxylation is 2. The second-order valence-electron chi connectivity index (χ2n) is 5.33. The highest BCUT2D eigenvalue weighted by Gasteiger charge is 2.11. The van der Waals surface area contributed by atoms with Gasteiger partial charge >= 0.3 is 0 Å². The minimum absolute atomic E-state index is 0.0172. The molecule has 0 aliphatic carbocycles. The molecule has 0 spiro atoms. The molecular weight excluding hydrogens is 308 g/mol. The Morgan fingerprint density at radius 3 is 2.58 bits per heavy atom. The van der Waals surface area contributed by atoms with Gasteiger partial charge < -0.3 is 0 Å². The highest BCUT2D eigenvalue weighted by Crippen LogP contribution is 2.08. The molecule has 24 heavy (non-hydrogen) atoms. The number of nitrogens with one attached hydrogen (secondary N) is 2. The van der Waals surface area contributed by atoms with Crippen molar-refractivity contribution in [2.75, 3.05) is 0 Å². The van der Waals surface area contributed by atoms with E-state index in [1.165, 1.54) is 6.20 Å². The molecule has 0 saturated heterocycles. The first kappa shape index (κ1) is 15.6. The van der Waals surface area contributed by atoms with Crippen molar-refractivity contribution in [3.05, 3.63) is 53.6 Å². The van der Waals surface area contributed by atoms with Crippen molar-refractivity contribution in [2.45, 2.75) is 20.4 Å². The Kier molecular flexibility index (Phi) is 4.19. The Bertz CT molecular complexity index is 918. The summed E-state index contributed by atoms with van der Waals surface area (Å²) in [4.78, 5) is 32.3. The molecule has 0 bridgehead atoms. The third kappa shape index (κ3) is 3.37. The predicted octanol–water partition coefficient (Wildman–Crippen LogP) is 0.904. The van der Waals surface area contributed by atoms with E-state index in [-0.39, 0.29) is 18.1 Å². The number of hydrogen-bond acceptors (Lipinski definition) is 5. The molecule has 1 aromatic carbocycles. The van der Waals surface area contributed by atoms with Crippen LogP contribution in [-0.2, 0) is 11.3 Å². The van der Waals surface area contributed by atoms with Crippen LogP contribution in [0.25, 0.3) is 11.0 Å². The lowest BCUT2D eigenvalue weighted by molar-refractivity contribution is -0.122. The molecule has 0 saturated carbocycles. The number of nitrogens with zero attached hydrogens (tertiary/aromatic N) is 4. The molecule has 0 unspecified atom stereocenters. The highest BCUT2D eigenvalue weighted by molar-refractivity contribution is 5.94. The van der Waals surface area contributed by atoms with Crippen LogP contribution in [0.4, 0.5) is 0 Å². The molecule has 2 heterocycles. The summed E-state index contributed by atoms with van der Waals surface area (Å²) in [5.41, 5.74) is 7.81. The van der Waals surface area contributed by atoms with Crippen molar-refractivity contribution < 1.29 is 9.59 Å². The lowest BCUT2D eigenvalue weighted by Crippen LogP contribution is -2.43. The maximum absolute atomic E-state index is 12.1. The highest BCUT2D eigenvalue weighted by atomic mass is 16.2. The van der Waals surface area contributed by atoms with Gasteiger partial charge in [0.15, 0.2) is 0 Å². The van der Waals surface area contributed by atoms with Crippen LogP contribution in [0.2, 0.25) is 0 Å². The molecule has 0 fully saturated rings. The molecule has 2 N–H and O–H groups in total. The number of hydrazine groups is 1. The van der Waals surface area contributed by atoms with Gasteiger partial charge in [0.05, 0.1) is 22.9 Å². The van der Waals surface area contributed by atoms with Gasteiger partial charge in [-0.1, -0.05) is 12.1 Å². The fraction of sp³-hybridized carbons (Fsp3) is 0.188. The van der Waals surface area contributed by atoms with Gasteiger partial charge in [0.2, 0.25) is 0 Å². The SMILES string of the molecule is Cc1cc(C)n(CC(=O)NNC(=O)c2cnc3ccccc3n2)n1. The molecule has 0 atom stereocenters. The molecule has 0 radical (unpaired) electrons. The third-order valence-electron chi connectivity index (χ3n) is 3.39. The van der Waals surface area contributed by atoms with Crippen LogP contribution in [0.5, 0.6) is 0 Å². The second kappa shape index (κ2) is 6.45. The standard InChI is InChI=1S/C16H16N6O2/c1-10-7-11(2)22(21-10)9-15(23)19-20-16(24)14-8-17-12-5-3-4-6-13(12)18-14/h3-8H,9H2,1-2H3,(H,19,23)(H,20,24). The maximum Gasteiger partial charge on any atom is 0.289 e. The Hall–Kier alpha value is -3.29. The van der Waals surface area contributed by atoms with Gasteiger partial charge in [-0.05, 0) is 32.0 Å². The Labute approximate surface area is 137 Å². The number of rotatable bonds is 3. The molecule has 122 valence electrons. The van der Waals surface area contributed by atoms with Crippen molar-refractivity contribution in [3.63, 3.8) is 0 Å². The van der Waals surface area contributed by atoms with E-state index in [0.717, 1.165) is 11.4 Å². The van der Waals surface area contributed by atoms with Crippen LogP contribution in [0, 0.1) is 13.8 Å². The van der Waals surface area contributed by atoms with Crippen molar-refractivity contribution in [1.82, 2.24) is 30.6 Å². The van der Waals surface area contributed by atoms with Crippen molar-refractivity contribution in [2.24, 2.45) is 0 Å². The van der Waals surface area contributed by atoms with E-state index in [2.05, 4.69) is 25.9 Å². The Morgan fingerprint density at radius 1 is 1.12 bits per heavy atom. The van der Waals surface area contributed by atoms with E-state index in [1.54, 1.807) is 16.8 Å². The summed E-state index contributed by atoms with van der Waals surface area (Å²) in [6, 6.07) is 9.10. The predicted molar refractivity (Wildman–Crippen MR) is 86.8 cm³/mol. The fourth-order valence-corrected chi connectivity index (χ4v) is 2.27. The summed E-state index contributed by atoms with van der Waals surface area (Å²) < 4.78 is 1.56. The molecule has 2 aromatic heterocycles. The first-order valence-electron chi connectivity index (χ1n) is 7.35. The van der Waals surface area contributed by atoms with E-state index < -0.39 is 5.91 Å². The molecule has 8 heteroatoms. The average molecular weight is 324 g/mol. The Balaban J connectivity index is 1.61. The van der Waals surface area contributed by atoms with Crippen LogP contribution in [0.1, 0.15) is 21.9 Å². The fourth-order valence-electron chi connectivity index (χ4n) is 2.27. The lowest BCUT2D eigenvalue weighted by Gasteiger charge is -2.08. The van der Waals surface area contributed by atoms with Crippen molar-refractivity contribution in [3.8, 4) is 0 Å². The van der Waals surface area contributed by atoms with E-state index in [1.807, 2.05) is 32.0 Å². The zero-order valence-electron chi connectivity index (χ0n) is 13.3. The van der Waals surface area contributed by atoms with Gasteiger partial charge in [0.25, 0.3) is 11.8 Å². The summed E-state index contributed by atoms with van der Waals surface area (Å²) in [5, 5.41) is 4.19. The molecule has 2 amide bonds. The van der Waals surface area contributed by atoms with E-state index in [4.69, 9.17) is 0 Å². The number of benzene rings is 1. The molecule has 0 aliphatic heterocycles. The zero-order chi connectivity index (χ0) is 17.1. The lowest BCUT2D eigenvalue weighted by atomic mass is 10.3. The van der Waals surface area contributed by atoms with Gasteiger partial charge in [-0.2, -0.15) is 5.10 Å². The largest absolute Gasteiger partial charge is 0.289 e. The minimum atomic E-state index is -0.532. The van der Waals surface area contributed by atoms with Crippen LogP contribution in [0.15, 0.2) is 36.5 Å². The maximum atomic E-state index is 12.1. The molecule has 3 rings (SSSR count). The van der Waals surface area contributed by atoms with Gasteiger partial charge in [0, 0.05) is 5.69 Å². The molecular formula is C16H16N6O2. The number of carbonyl (C=O) groups excluding carboxylic acids is 2. The number of amides is 2. The van der Waals surface area contributed by atoms with Crippen LogP contribution >= 0.6 is 0 Å². The first-order valence-corrected chi connectivity index (χ1v) is 7.35. The number of para-hydroxylation sites is 2. The molecule has 8 nitrogen and oxygen atoms in total. The van der Waals surface area contributed by atoms with E-state index in [0.29, 0.717) is 11.0 Å².